The first-order chi connectivity index (χ1) is 12.5. The fourth-order valence-electron chi connectivity index (χ4n) is 2.01. The minimum Gasteiger partial charge on any atom is -0.497 e. The van der Waals surface area contributed by atoms with Gasteiger partial charge in [0, 0.05) is 11.8 Å². The summed E-state index contributed by atoms with van der Waals surface area (Å²) in [6.45, 7) is -0.438. The molecular weight excluding hydrogens is 341 g/mol. The maximum absolute atomic E-state index is 13.5. The van der Waals surface area contributed by atoms with Crippen molar-refractivity contribution in [2.24, 2.45) is 0 Å². The molecule has 0 saturated heterocycles. The average Bonchev–Trinajstić information content (AvgIpc) is 2.65. The zero-order valence-electron chi connectivity index (χ0n) is 14.3. The molecule has 0 bridgehead atoms. The Morgan fingerprint density at radius 2 is 1.81 bits per heavy atom. The van der Waals surface area contributed by atoms with Gasteiger partial charge >= 0.3 is 5.97 Å². The van der Waals surface area contributed by atoms with Gasteiger partial charge in [0.05, 0.1) is 14.2 Å². The molecule has 26 heavy (non-hydrogen) atoms. The second kappa shape index (κ2) is 9.22. The van der Waals surface area contributed by atoms with Crippen LogP contribution in [0.2, 0.25) is 0 Å². The second-order valence-electron chi connectivity index (χ2n) is 5.11. The Labute approximate surface area is 150 Å². The number of carbonyl (C=O) groups is 2. The van der Waals surface area contributed by atoms with E-state index in [4.69, 9.17) is 14.2 Å². The SMILES string of the molecule is COc1ccc(NC(=O)COC(=O)/C=C/c2ccc(OC)c(F)c2)cc1. The molecule has 0 spiro atoms. The van der Waals surface area contributed by atoms with Crippen molar-refractivity contribution in [1.82, 2.24) is 0 Å². The van der Waals surface area contributed by atoms with E-state index in [-0.39, 0.29) is 5.75 Å². The van der Waals surface area contributed by atoms with Crippen molar-refractivity contribution in [3.63, 3.8) is 0 Å². The van der Waals surface area contributed by atoms with Gasteiger partial charge in [0.1, 0.15) is 5.75 Å². The van der Waals surface area contributed by atoms with Crippen molar-refractivity contribution < 1.29 is 28.2 Å². The van der Waals surface area contributed by atoms with Crippen molar-refractivity contribution in [3.8, 4) is 11.5 Å². The van der Waals surface area contributed by atoms with Gasteiger partial charge in [-0.2, -0.15) is 0 Å². The fourth-order valence-corrected chi connectivity index (χ4v) is 2.01. The molecule has 2 rings (SSSR count). The Morgan fingerprint density at radius 3 is 2.42 bits per heavy atom. The Balaban J connectivity index is 1.81. The lowest BCUT2D eigenvalue weighted by atomic mass is 10.2. The third kappa shape index (κ3) is 5.62. The molecule has 0 aliphatic carbocycles. The number of halogens is 1. The number of hydrogen-bond donors (Lipinski definition) is 1. The number of esters is 1. The number of amides is 1. The standard InChI is InChI=1S/C19H18FNO5/c1-24-15-7-5-14(6-8-15)21-18(22)12-26-19(23)10-4-13-3-9-17(25-2)16(20)11-13/h3-11H,12H2,1-2H3,(H,21,22)/b10-4+. The lowest BCUT2D eigenvalue weighted by Crippen LogP contribution is -2.20. The number of methoxy groups -OCH3 is 2. The number of ether oxygens (including phenoxy) is 3. The molecule has 0 radical (unpaired) electrons. The number of nitrogens with one attached hydrogen (secondary N) is 1. The number of anilines is 1. The summed E-state index contributed by atoms with van der Waals surface area (Å²) in [6.07, 6.45) is 2.49. The predicted molar refractivity (Wildman–Crippen MR) is 94.6 cm³/mol. The molecule has 0 fully saturated rings. The van der Waals surface area contributed by atoms with Gasteiger partial charge in [-0.05, 0) is 48.0 Å². The van der Waals surface area contributed by atoms with Gasteiger partial charge in [-0.3, -0.25) is 4.79 Å². The highest BCUT2D eigenvalue weighted by molar-refractivity contribution is 5.94. The highest BCUT2D eigenvalue weighted by Gasteiger charge is 2.06. The Hall–Kier alpha value is -3.35. The molecule has 0 aliphatic heterocycles. The van der Waals surface area contributed by atoms with Crippen LogP contribution < -0.4 is 14.8 Å². The summed E-state index contributed by atoms with van der Waals surface area (Å²) >= 11 is 0. The van der Waals surface area contributed by atoms with E-state index in [0.717, 1.165) is 6.08 Å². The second-order valence-corrected chi connectivity index (χ2v) is 5.11. The lowest BCUT2D eigenvalue weighted by molar-refractivity contribution is -0.142. The van der Waals surface area contributed by atoms with Gasteiger partial charge < -0.3 is 19.5 Å². The summed E-state index contributed by atoms with van der Waals surface area (Å²) < 4.78 is 28.2. The molecule has 7 heteroatoms. The largest absolute Gasteiger partial charge is 0.497 e. The van der Waals surface area contributed by atoms with Crippen molar-refractivity contribution >= 4 is 23.6 Å². The predicted octanol–water partition coefficient (Wildman–Crippen LogP) is 3.04. The van der Waals surface area contributed by atoms with E-state index >= 15 is 0 Å². The van der Waals surface area contributed by atoms with Crippen LogP contribution in [0.3, 0.4) is 0 Å². The fraction of sp³-hybridized carbons (Fsp3) is 0.158. The minimum absolute atomic E-state index is 0.111. The molecule has 0 atom stereocenters. The van der Waals surface area contributed by atoms with Crippen LogP contribution in [0.4, 0.5) is 10.1 Å². The number of hydrogen-bond acceptors (Lipinski definition) is 5. The topological polar surface area (TPSA) is 73.9 Å². The van der Waals surface area contributed by atoms with Crippen molar-refractivity contribution in [2.75, 3.05) is 26.1 Å². The van der Waals surface area contributed by atoms with E-state index in [0.29, 0.717) is 17.0 Å². The molecule has 2 aromatic rings. The van der Waals surface area contributed by atoms with E-state index in [1.807, 2.05) is 0 Å². The first kappa shape index (κ1) is 19.0. The molecule has 0 heterocycles. The van der Waals surface area contributed by atoms with Crippen molar-refractivity contribution in [3.05, 3.63) is 59.9 Å². The molecule has 1 N–H and O–H groups in total. The van der Waals surface area contributed by atoms with Gasteiger partial charge in [0.25, 0.3) is 5.91 Å². The molecule has 0 unspecified atom stereocenters. The van der Waals surface area contributed by atoms with Gasteiger partial charge in [-0.25, -0.2) is 9.18 Å². The summed E-state index contributed by atoms with van der Waals surface area (Å²) in [5.74, 6) is -0.963. The van der Waals surface area contributed by atoms with Crippen LogP contribution in [0.25, 0.3) is 6.08 Å². The highest BCUT2D eigenvalue weighted by Crippen LogP contribution is 2.18. The van der Waals surface area contributed by atoms with Crippen LogP contribution in [0.15, 0.2) is 48.5 Å². The van der Waals surface area contributed by atoms with Gasteiger partial charge in [-0.1, -0.05) is 6.07 Å². The van der Waals surface area contributed by atoms with Gasteiger partial charge in [-0.15, -0.1) is 0 Å². The van der Waals surface area contributed by atoms with Crippen molar-refractivity contribution in [2.45, 2.75) is 0 Å². The van der Waals surface area contributed by atoms with E-state index in [9.17, 15) is 14.0 Å². The lowest BCUT2D eigenvalue weighted by Gasteiger charge is -2.06. The monoisotopic (exact) mass is 359 g/mol. The molecule has 0 aliphatic rings. The van der Waals surface area contributed by atoms with Crippen LogP contribution in [-0.4, -0.2) is 32.7 Å². The summed E-state index contributed by atoms with van der Waals surface area (Å²) in [7, 11) is 2.91. The van der Waals surface area contributed by atoms with E-state index in [2.05, 4.69) is 5.32 Å². The first-order valence-electron chi connectivity index (χ1n) is 7.64. The summed E-state index contributed by atoms with van der Waals surface area (Å²) in [4.78, 5) is 23.4. The number of carbonyl (C=O) groups excluding carboxylic acids is 2. The zero-order valence-corrected chi connectivity index (χ0v) is 14.3. The van der Waals surface area contributed by atoms with Crippen molar-refractivity contribution in [1.29, 1.82) is 0 Å². The number of rotatable bonds is 7. The molecule has 0 saturated carbocycles. The normalized spacial score (nSPS) is 10.4. The first-order valence-corrected chi connectivity index (χ1v) is 7.64. The minimum atomic E-state index is -0.717. The van der Waals surface area contributed by atoms with Crippen LogP contribution in [-0.2, 0) is 14.3 Å². The molecule has 2 aromatic carbocycles. The third-order valence-corrected chi connectivity index (χ3v) is 3.31. The maximum Gasteiger partial charge on any atom is 0.331 e. The van der Waals surface area contributed by atoms with Crippen LogP contribution in [0.5, 0.6) is 11.5 Å². The average molecular weight is 359 g/mol. The third-order valence-electron chi connectivity index (χ3n) is 3.31. The Bertz CT molecular complexity index is 802. The Morgan fingerprint density at radius 1 is 1.08 bits per heavy atom. The maximum atomic E-state index is 13.5. The van der Waals surface area contributed by atoms with E-state index in [1.165, 1.54) is 25.3 Å². The number of benzene rings is 2. The summed E-state index contributed by atoms with van der Waals surface area (Å²) in [6, 6.07) is 11.0. The van der Waals surface area contributed by atoms with Crippen LogP contribution >= 0.6 is 0 Å². The quantitative estimate of drug-likeness (QED) is 0.608. The summed E-state index contributed by atoms with van der Waals surface area (Å²) in [5, 5.41) is 2.58. The zero-order chi connectivity index (χ0) is 18.9. The highest BCUT2D eigenvalue weighted by atomic mass is 19.1. The van der Waals surface area contributed by atoms with Gasteiger partial charge in [0.15, 0.2) is 18.2 Å². The van der Waals surface area contributed by atoms with Gasteiger partial charge in [0.2, 0.25) is 0 Å². The van der Waals surface area contributed by atoms with Crippen LogP contribution in [0, 0.1) is 5.82 Å². The smallest absolute Gasteiger partial charge is 0.331 e. The molecule has 6 nitrogen and oxygen atoms in total. The van der Waals surface area contributed by atoms with E-state index in [1.54, 1.807) is 37.4 Å². The van der Waals surface area contributed by atoms with E-state index < -0.39 is 24.3 Å². The Kier molecular flexibility index (Phi) is 6.73. The summed E-state index contributed by atoms with van der Waals surface area (Å²) in [5.41, 5.74) is 1.01. The van der Waals surface area contributed by atoms with Crippen LogP contribution in [0.1, 0.15) is 5.56 Å². The molecule has 1 amide bonds. The molecule has 0 aromatic heterocycles. The molecule has 136 valence electrons. The molecular formula is C19H18FNO5.